The maximum atomic E-state index is 9.48. The van der Waals surface area contributed by atoms with Crippen molar-refractivity contribution in [1.82, 2.24) is 5.32 Å². The summed E-state index contributed by atoms with van der Waals surface area (Å²) in [5.41, 5.74) is 1.19. The smallest absolute Gasteiger partial charge is 0.127 e. The molecule has 3 atom stereocenters. The van der Waals surface area contributed by atoms with Crippen LogP contribution in [0.2, 0.25) is 0 Å². The predicted molar refractivity (Wildman–Crippen MR) is 75.5 cm³/mol. The number of benzene rings is 1. The van der Waals surface area contributed by atoms with Crippen LogP contribution in [0.3, 0.4) is 0 Å². The number of aromatic hydroxyl groups is 1. The molecule has 0 spiro atoms. The third kappa shape index (κ3) is 2.57. The average molecular weight is 261 g/mol. The molecular weight excluding hydrogens is 238 g/mol. The first-order chi connectivity index (χ1) is 9.28. The number of phenolic OH excluding ortho intramolecular Hbond substituents is 1. The lowest BCUT2D eigenvalue weighted by molar-refractivity contribution is 0.218. The highest BCUT2D eigenvalue weighted by atomic mass is 16.5. The number of hydrogen-bond acceptors (Lipinski definition) is 3. The van der Waals surface area contributed by atoms with E-state index in [0.29, 0.717) is 12.6 Å². The lowest BCUT2D eigenvalue weighted by Gasteiger charge is -2.33. The molecule has 1 heterocycles. The number of rotatable bonds is 3. The topological polar surface area (TPSA) is 41.5 Å². The Morgan fingerprint density at radius 2 is 2.16 bits per heavy atom. The first-order valence-corrected chi connectivity index (χ1v) is 7.49. The fourth-order valence-corrected chi connectivity index (χ4v) is 3.51. The molecule has 104 valence electrons. The van der Waals surface area contributed by atoms with Gasteiger partial charge in [0.25, 0.3) is 0 Å². The second-order valence-corrected chi connectivity index (χ2v) is 5.81. The SMILES string of the molecule is CCC1CCCCC1NC1COc2cc(O)ccc21. The van der Waals surface area contributed by atoms with Crippen molar-refractivity contribution in [2.45, 2.75) is 51.1 Å². The molecular formula is C16H23NO2. The predicted octanol–water partition coefficient (Wildman–Crippen LogP) is 3.38. The number of phenols is 1. The average Bonchev–Trinajstić information content (AvgIpc) is 2.82. The Labute approximate surface area is 115 Å². The molecule has 1 aliphatic carbocycles. The van der Waals surface area contributed by atoms with Gasteiger partial charge in [0.15, 0.2) is 0 Å². The molecule has 0 saturated heterocycles. The van der Waals surface area contributed by atoms with Crippen molar-refractivity contribution in [1.29, 1.82) is 0 Å². The molecule has 0 aromatic heterocycles. The monoisotopic (exact) mass is 261 g/mol. The molecule has 1 saturated carbocycles. The summed E-state index contributed by atoms with van der Waals surface area (Å²) in [6.07, 6.45) is 6.60. The lowest BCUT2D eigenvalue weighted by Crippen LogP contribution is -2.41. The van der Waals surface area contributed by atoms with Gasteiger partial charge < -0.3 is 15.2 Å². The van der Waals surface area contributed by atoms with Gasteiger partial charge in [-0.1, -0.05) is 26.2 Å². The van der Waals surface area contributed by atoms with Crippen LogP contribution in [0, 0.1) is 5.92 Å². The molecule has 2 aliphatic rings. The van der Waals surface area contributed by atoms with Gasteiger partial charge in [-0.15, -0.1) is 0 Å². The minimum atomic E-state index is 0.281. The van der Waals surface area contributed by atoms with Crippen LogP contribution >= 0.6 is 0 Å². The molecule has 1 fully saturated rings. The molecule has 0 amide bonds. The Morgan fingerprint density at radius 1 is 1.32 bits per heavy atom. The van der Waals surface area contributed by atoms with Gasteiger partial charge >= 0.3 is 0 Å². The van der Waals surface area contributed by atoms with Crippen molar-refractivity contribution in [3.8, 4) is 11.5 Å². The van der Waals surface area contributed by atoms with E-state index in [1.54, 1.807) is 12.1 Å². The molecule has 3 nitrogen and oxygen atoms in total. The van der Waals surface area contributed by atoms with Gasteiger partial charge in [-0.05, 0) is 30.9 Å². The lowest BCUT2D eigenvalue weighted by atomic mass is 9.82. The van der Waals surface area contributed by atoms with E-state index in [0.717, 1.165) is 11.7 Å². The molecule has 3 unspecified atom stereocenters. The van der Waals surface area contributed by atoms with E-state index in [2.05, 4.69) is 12.2 Å². The van der Waals surface area contributed by atoms with Crippen molar-refractivity contribution >= 4 is 0 Å². The Morgan fingerprint density at radius 3 is 3.00 bits per heavy atom. The van der Waals surface area contributed by atoms with E-state index in [1.807, 2.05) is 6.07 Å². The van der Waals surface area contributed by atoms with E-state index < -0.39 is 0 Å². The zero-order valence-electron chi connectivity index (χ0n) is 11.6. The highest BCUT2D eigenvalue weighted by Crippen LogP contribution is 2.37. The number of fused-ring (bicyclic) bond motifs is 1. The molecule has 0 bridgehead atoms. The van der Waals surface area contributed by atoms with Crippen LogP contribution in [-0.2, 0) is 0 Å². The van der Waals surface area contributed by atoms with Crippen molar-refractivity contribution in [2.24, 2.45) is 5.92 Å². The van der Waals surface area contributed by atoms with Crippen molar-refractivity contribution in [3.63, 3.8) is 0 Å². The van der Waals surface area contributed by atoms with Crippen molar-refractivity contribution < 1.29 is 9.84 Å². The summed E-state index contributed by atoms with van der Waals surface area (Å²) < 4.78 is 5.68. The van der Waals surface area contributed by atoms with Gasteiger partial charge in [-0.2, -0.15) is 0 Å². The van der Waals surface area contributed by atoms with Crippen molar-refractivity contribution in [2.75, 3.05) is 6.61 Å². The summed E-state index contributed by atoms with van der Waals surface area (Å²) in [5, 5.41) is 13.3. The molecule has 19 heavy (non-hydrogen) atoms. The fraction of sp³-hybridized carbons (Fsp3) is 0.625. The largest absolute Gasteiger partial charge is 0.508 e. The summed E-state index contributed by atoms with van der Waals surface area (Å²) in [5.74, 6) is 1.92. The Kier molecular flexibility index (Phi) is 3.65. The Balaban J connectivity index is 1.71. The van der Waals surface area contributed by atoms with E-state index in [1.165, 1.54) is 37.7 Å². The van der Waals surface area contributed by atoms with Gasteiger partial charge in [-0.25, -0.2) is 0 Å². The van der Waals surface area contributed by atoms with Gasteiger partial charge in [-0.3, -0.25) is 0 Å². The van der Waals surface area contributed by atoms with Crippen LogP contribution in [0.5, 0.6) is 11.5 Å². The maximum absolute atomic E-state index is 9.48. The van der Waals surface area contributed by atoms with Crippen LogP contribution in [0.1, 0.15) is 50.6 Å². The van der Waals surface area contributed by atoms with E-state index in [-0.39, 0.29) is 11.8 Å². The van der Waals surface area contributed by atoms with Gasteiger partial charge in [0.1, 0.15) is 18.1 Å². The Bertz CT molecular complexity index is 446. The third-order valence-corrected chi connectivity index (χ3v) is 4.63. The van der Waals surface area contributed by atoms with E-state index in [9.17, 15) is 5.11 Å². The molecule has 0 radical (unpaired) electrons. The van der Waals surface area contributed by atoms with Crippen LogP contribution < -0.4 is 10.1 Å². The summed E-state index contributed by atoms with van der Waals surface area (Å²) in [7, 11) is 0. The third-order valence-electron chi connectivity index (χ3n) is 4.63. The minimum Gasteiger partial charge on any atom is -0.508 e. The first-order valence-electron chi connectivity index (χ1n) is 7.49. The minimum absolute atomic E-state index is 0.281. The second-order valence-electron chi connectivity index (χ2n) is 5.81. The molecule has 1 aliphatic heterocycles. The molecule has 2 N–H and O–H groups in total. The quantitative estimate of drug-likeness (QED) is 0.876. The van der Waals surface area contributed by atoms with Crippen LogP contribution in [0.15, 0.2) is 18.2 Å². The van der Waals surface area contributed by atoms with E-state index >= 15 is 0 Å². The molecule has 1 aromatic rings. The molecule has 3 heteroatoms. The second kappa shape index (κ2) is 5.41. The van der Waals surface area contributed by atoms with Gasteiger partial charge in [0.2, 0.25) is 0 Å². The van der Waals surface area contributed by atoms with Crippen LogP contribution in [0.25, 0.3) is 0 Å². The highest BCUT2D eigenvalue weighted by molar-refractivity contribution is 5.44. The van der Waals surface area contributed by atoms with E-state index in [4.69, 9.17) is 4.74 Å². The van der Waals surface area contributed by atoms with Crippen molar-refractivity contribution in [3.05, 3.63) is 23.8 Å². The normalized spacial score (nSPS) is 29.8. The van der Waals surface area contributed by atoms with Crippen LogP contribution in [-0.4, -0.2) is 17.8 Å². The van der Waals surface area contributed by atoms with Gasteiger partial charge in [0.05, 0.1) is 6.04 Å². The fourth-order valence-electron chi connectivity index (χ4n) is 3.51. The number of ether oxygens (including phenoxy) is 1. The summed E-state index contributed by atoms with van der Waals surface area (Å²) in [4.78, 5) is 0. The summed E-state index contributed by atoms with van der Waals surface area (Å²) in [6, 6.07) is 6.36. The van der Waals surface area contributed by atoms with Gasteiger partial charge in [0, 0.05) is 17.7 Å². The number of hydrogen-bond donors (Lipinski definition) is 2. The maximum Gasteiger partial charge on any atom is 0.127 e. The number of nitrogens with one attached hydrogen (secondary N) is 1. The molecule has 1 aromatic carbocycles. The molecule has 3 rings (SSSR count). The zero-order chi connectivity index (χ0) is 13.2. The zero-order valence-corrected chi connectivity index (χ0v) is 11.6. The first kappa shape index (κ1) is 12.8. The standard InChI is InChI=1S/C16H23NO2/c1-2-11-5-3-4-6-14(11)17-15-10-19-16-9-12(18)7-8-13(15)16/h7-9,11,14-15,17-18H,2-6,10H2,1H3. The Hall–Kier alpha value is -1.22. The van der Waals surface area contributed by atoms with Crippen LogP contribution in [0.4, 0.5) is 0 Å². The summed E-state index contributed by atoms with van der Waals surface area (Å²) >= 11 is 0. The highest BCUT2D eigenvalue weighted by Gasteiger charge is 2.30. The summed E-state index contributed by atoms with van der Waals surface area (Å²) in [6.45, 7) is 2.98.